The Hall–Kier alpha value is -1.84. The van der Waals surface area contributed by atoms with Gasteiger partial charge in [0.15, 0.2) is 0 Å². The average molecular weight is 315 g/mol. The molecule has 22 heavy (non-hydrogen) atoms. The average Bonchev–Trinajstić information content (AvgIpc) is 2.56. The molecule has 0 spiro atoms. The van der Waals surface area contributed by atoms with E-state index in [0.29, 0.717) is 17.1 Å². The molecule has 114 valence electrons. The van der Waals surface area contributed by atoms with Crippen molar-refractivity contribution in [3.05, 3.63) is 59.1 Å². The lowest BCUT2D eigenvalue weighted by atomic mass is 10.0. The first kappa shape index (κ1) is 15.1. The lowest BCUT2D eigenvalue weighted by Crippen LogP contribution is -2.52. The molecule has 1 aliphatic rings. The number of nitrogens with zero attached hydrogens (tertiary/aromatic N) is 1. The second kappa shape index (κ2) is 6.51. The van der Waals surface area contributed by atoms with Crippen molar-refractivity contribution >= 4 is 17.5 Å². The number of nitrogens with one attached hydrogen (secondary N) is 1. The molecular formula is C18H19ClN2O. The van der Waals surface area contributed by atoms with Crippen LogP contribution in [0.3, 0.4) is 0 Å². The van der Waals surface area contributed by atoms with Crippen LogP contribution in [0, 0.1) is 0 Å². The van der Waals surface area contributed by atoms with E-state index in [1.165, 1.54) is 0 Å². The molecule has 0 radical (unpaired) electrons. The van der Waals surface area contributed by atoms with Crippen LogP contribution in [-0.2, 0) is 0 Å². The van der Waals surface area contributed by atoms with E-state index >= 15 is 0 Å². The zero-order valence-corrected chi connectivity index (χ0v) is 13.3. The maximum atomic E-state index is 12.8. The van der Waals surface area contributed by atoms with Crippen LogP contribution in [0.1, 0.15) is 17.3 Å². The predicted octanol–water partition coefficient (Wildman–Crippen LogP) is 3.44. The Bertz CT molecular complexity index is 672. The van der Waals surface area contributed by atoms with Crippen molar-refractivity contribution in [3.63, 3.8) is 0 Å². The Labute approximate surface area is 135 Å². The highest BCUT2D eigenvalue weighted by Gasteiger charge is 2.25. The minimum Gasteiger partial charge on any atom is -0.333 e. The number of hydrogen-bond acceptors (Lipinski definition) is 2. The standard InChI is InChI=1S/C18H19ClN2O/c1-13-12-20-9-10-21(13)18(22)16-11-15(7-8-17(16)19)14-5-3-2-4-6-14/h2-8,11,13,20H,9-10,12H2,1H3/t13-/m1/s1. The number of hydrogen-bond donors (Lipinski definition) is 1. The number of carbonyl (C=O) groups is 1. The smallest absolute Gasteiger partial charge is 0.255 e. The van der Waals surface area contributed by atoms with Gasteiger partial charge in [0, 0.05) is 25.7 Å². The molecule has 1 aliphatic heterocycles. The summed E-state index contributed by atoms with van der Waals surface area (Å²) in [6.07, 6.45) is 0. The molecule has 4 heteroatoms. The van der Waals surface area contributed by atoms with E-state index in [1.54, 1.807) is 0 Å². The monoisotopic (exact) mass is 314 g/mol. The van der Waals surface area contributed by atoms with Crippen molar-refractivity contribution in [3.8, 4) is 11.1 Å². The second-order valence-corrected chi connectivity index (χ2v) is 6.02. The Morgan fingerprint density at radius 1 is 1.18 bits per heavy atom. The number of carbonyl (C=O) groups excluding carboxylic acids is 1. The van der Waals surface area contributed by atoms with Crippen molar-refractivity contribution in [1.82, 2.24) is 10.2 Å². The van der Waals surface area contributed by atoms with Gasteiger partial charge >= 0.3 is 0 Å². The molecular weight excluding hydrogens is 296 g/mol. The van der Waals surface area contributed by atoms with Gasteiger partial charge in [0.1, 0.15) is 0 Å². The van der Waals surface area contributed by atoms with Crippen molar-refractivity contribution in [2.24, 2.45) is 0 Å². The van der Waals surface area contributed by atoms with Crippen LogP contribution >= 0.6 is 11.6 Å². The number of amides is 1. The predicted molar refractivity (Wildman–Crippen MR) is 90.3 cm³/mol. The summed E-state index contributed by atoms with van der Waals surface area (Å²) in [6, 6.07) is 15.9. The molecule has 1 saturated heterocycles. The Balaban J connectivity index is 1.94. The minimum atomic E-state index is 0.0109. The van der Waals surface area contributed by atoms with Gasteiger partial charge in [-0.25, -0.2) is 0 Å². The van der Waals surface area contributed by atoms with E-state index in [-0.39, 0.29) is 11.9 Å². The summed E-state index contributed by atoms with van der Waals surface area (Å²) in [4.78, 5) is 14.7. The van der Waals surface area contributed by atoms with Gasteiger partial charge in [-0.3, -0.25) is 4.79 Å². The Kier molecular flexibility index (Phi) is 4.46. The van der Waals surface area contributed by atoms with E-state index in [0.717, 1.165) is 24.2 Å². The van der Waals surface area contributed by atoms with E-state index in [9.17, 15) is 4.79 Å². The molecule has 1 N–H and O–H groups in total. The third-order valence-corrected chi connectivity index (χ3v) is 4.40. The zero-order chi connectivity index (χ0) is 15.5. The minimum absolute atomic E-state index is 0.0109. The summed E-state index contributed by atoms with van der Waals surface area (Å²) < 4.78 is 0. The molecule has 1 amide bonds. The first-order valence-electron chi connectivity index (χ1n) is 7.53. The first-order chi connectivity index (χ1) is 10.7. The molecule has 3 nitrogen and oxygen atoms in total. The summed E-state index contributed by atoms with van der Waals surface area (Å²) >= 11 is 6.28. The van der Waals surface area contributed by atoms with Gasteiger partial charge < -0.3 is 10.2 Å². The van der Waals surface area contributed by atoms with Gasteiger partial charge in [-0.05, 0) is 30.2 Å². The molecule has 2 aromatic carbocycles. The normalized spacial score (nSPS) is 18.3. The molecule has 0 aliphatic carbocycles. The highest BCUT2D eigenvalue weighted by atomic mass is 35.5. The topological polar surface area (TPSA) is 32.3 Å². The number of halogens is 1. The fourth-order valence-corrected chi connectivity index (χ4v) is 3.00. The van der Waals surface area contributed by atoms with Gasteiger partial charge in [0.05, 0.1) is 10.6 Å². The summed E-state index contributed by atoms with van der Waals surface area (Å²) in [5.74, 6) is 0.0109. The maximum absolute atomic E-state index is 12.8. The molecule has 0 bridgehead atoms. The quantitative estimate of drug-likeness (QED) is 0.921. The van der Waals surface area contributed by atoms with Crippen LogP contribution in [0.25, 0.3) is 11.1 Å². The fraction of sp³-hybridized carbons (Fsp3) is 0.278. The van der Waals surface area contributed by atoms with Crippen molar-refractivity contribution in [2.45, 2.75) is 13.0 Å². The van der Waals surface area contributed by atoms with Crippen LogP contribution < -0.4 is 5.32 Å². The Morgan fingerprint density at radius 2 is 1.95 bits per heavy atom. The van der Waals surface area contributed by atoms with E-state index < -0.39 is 0 Å². The fourth-order valence-electron chi connectivity index (χ4n) is 2.80. The van der Waals surface area contributed by atoms with Crippen LogP contribution in [-0.4, -0.2) is 36.5 Å². The van der Waals surface area contributed by atoms with Crippen LogP contribution in [0.4, 0.5) is 0 Å². The summed E-state index contributed by atoms with van der Waals surface area (Å²) in [7, 11) is 0. The first-order valence-corrected chi connectivity index (χ1v) is 7.91. The molecule has 1 heterocycles. The molecule has 0 saturated carbocycles. The summed E-state index contributed by atoms with van der Waals surface area (Å²) in [5, 5.41) is 3.81. The summed E-state index contributed by atoms with van der Waals surface area (Å²) in [5.41, 5.74) is 2.68. The van der Waals surface area contributed by atoms with Crippen LogP contribution in [0.2, 0.25) is 5.02 Å². The third-order valence-electron chi connectivity index (χ3n) is 4.07. The van der Waals surface area contributed by atoms with E-state index in [2.05, 4.69) is 12.2 Å². The largest absolute Gasteiger partial charge is 0.333 e. The highest BCUT2D eigenvalue weighted by molar-refractivity contribution is 6.34. The van der Waals surface area contributed by atoms with Crippen LogP contribution in [0.15, 0.2) is 48.5 Å². The molecule has 0 unspecified atom stereocenters. The number of benzene rings is 2. The van der Waals surface area contributed by atoms with Gasteiger partial charge in [-0.15, -0.1) is 0 Å². The van der Waals surface area contributed by atoms with Crippen molar-refractivity contribution in [2.75, 3.05) is 19.6 Å². The van der Waals surface area contributed by atoms with Crippen LogP contribution in [0.5, 0.6) is 0 Å². The molecule has 1 fully saturated rings. The van der Waals surface area contributed by atoms with E-state index in [1.807, 2.05) is 53.4 Å². The van der Waals surface area contributed by atoms with Crippen molar-refractivity contribution < 1.29 is 4.79 Å². The SMILES string of the molecule is C[C@@H]1CNCCN1C(=O)c1cc(-c2ccccc2)ccc1Cl. The molecule has 3 rings (SSSR count). The van der Waals surface area contributed by atoms with Gasteiger partial charge in [0.2, 0.25) is 0 Å². The number of piperazine rings is 1. The van der Waals surface area contributed by atoms with Gasteiger partial charge in [0.25, 0.3) is 5.91 Å². The third kappa shape index (κ3) is 3.01. The lowest BCUT2D eigenvalue weighted by Gasteiger charge is -2.34. The van der Waals surface area contributed by atoms with E-state index in [4.69, 9.17) is 11.6 Å². The van der Waals surface area contributed by atoms with Gasteiger partial charge in [-0.2, -0.15) is 0 Å². The second-order valence-electron chi connectivity index (χ2n) is 5.61. The summed E-state index contributed by atoms with van der Waals surface area (Å²) in [6.45, 7) is 4.42. The highest BCUT2D eigenvalue weighted by Crippen LogP contribution is 2.26. The van der Waals surface area contributed by atoms with Gasteiger partial charge in [-0.1, -0.05) is 48.0 Å². The molecule has 1 atom stereocenters. The van der Waals surface area contributed by atoms with Crippen molar-refractivity contribution in [1.29, 1.82) is 0 Å². The maximum Gasteiger partial charge on any atom is 0.255 e. The molecule has 2 aromatic rings. The number of rotatable bonds is 2. The Morgan fingerprint density at radius 3 is 2.68 bits per heavy atom. The molecule has 0 aromatic heterocycles. The zero-order valence-electron chi connectivity index (χ0n) is 12.6. The lowest BCUT2D eigenvalue weighted by molar-refractivity contribution is 0.0656.